The van der Waals surface area contributed by atoms with Gasteiger partial charge in [-0.25, -0.2) is 13.2 Å². The molecule has 0 aromatic heterocycles. The average Bonchev–Trinajstić information content (AvgIpc) is 2.60. The number of urea groups is 1. The third kappa shape index (κ3) is 4.36. The number of allylic oxidation sites excluding steroid dienone is 1. The number of rotatable bonds is 4. The summed E-state index contributed by atoms with van der Waals surface area (Å²) in [5, 5.41) is 2.78. The Morgan fingerprint density at radius 2 is 1.71 bits per heavy atom. The molecular formula is C17H25N3O3S. The molecule has 0 spiro atoms. The van der Waals surface area contributed by atoms with E-state index in [-0.39, 0.29) is 6.03 Å². The number of nitrogens with one attached hydrogen (secondary N) is 1. The monoisotopic (exact) mass is 351 g/mol. The molecule has 1 N–H and O–H groups in total. The second kappa shape index (κ2) is 7.81. The van der Waals surface area contributed by atoms with E-state index in [4.69, 9.17) is 0 Å². The second-order valence-electron chi connectivity index (χ2n) is 6.20. The van der Waals surface area contributed by atoms with Crippen molar-refractivity contribution in [3.05, 3.63) is 42.1 Å². The van der Waals surface area contributed by atoms with Crippen molar-refractivity contribution in [1.82, 2.24) is 14.5 Å². The van der Waals surface area contributed by atoms with Crippen LogP contribution >= 0.6 is 0 Å². The van der Waals surface area contributed by atoms with E-state index in [0.29, 0.717) is 37.0 Å². The molecule has 0 aliphatic carbocycles. The first-order chi connectivity index (χ1) is 11.3. The molecule has 1 heterocycles. The van der Waals surface area contributed by atoms with Gasteiger partial charge in [0.2, 0.25) is 10.0 Å². The molecule has 1 aromatic rings. The minimum absolute atomic E-state index is 0.188. The fraction of sp³-hybridized carbons (Fsp3) is 0.471. The quantitative estimate of drug-likeness (QED) is 0.905. The molecule has 1 saturated heterocycles. The fourth-order valence-corrected chi connectivity index (χ4v) is 3.75. The van der Waals surface area contributed by atoms with Gasteiger partial charge in [0.25, 0.3) is 0 Å². The van der Waals surface area contributed by atoms with E-state index in [1.54, 1.807) is 41.4 Å². The Morgan fingerprint density at radius 3 is 2.25 bits per heavy atom. The van der Waals surface area contributed by atoms with E-state index >= 15 is 0 Å². The summed E-state index contributed by atoms with van der Waals surface area (Å²) in [6.45, 7) is 7.46. The highest BCUT2D eigenvalue weighted by atomic mass is 32.2. The van der Waals surface area contributed by atoms with Crippen molar-refractivity contribution < 1.29 is 13.2 Å². The molecule has 7 heteroatoms. The molecule has 0 atom stereocenters. The molecule has 0 bridgehead atoms. The van der Waals surface area contributed by atoms with Crippen molar-refractivity contribution in [2.24, 2.45) is 5.92 Å². The summed E-state index contributed by atoms with van der Waals surface area (Å²) >= 11 is 0. The molecule has 2 amide bonds. The van der Waals surface area contributed by atoms with Gasteiger partial charge in [0, 0.05) is 32.4 Å². The van der Waals surface area contributed by atoms with Crippen molar-refractivity contribution in [3.8, 4) is 0 Å². The van der Waals surface area contributed by atoms with Gasteiger partial charge in [-0.2, -0.15) is 4.31 Å². The van der Waals surface area contributed by atoms with E-state index in [2.05, 4.69) is 19.2 Å². The summed E-state index contributed by atoms with van der Waals surface area (Å²) in [6.07, 6.45) is 1.72. The normalized spacial score (nSPS) is 17.2. The Hall–Kier alpha value is -1.86. The van der Waals surface area contributed by atoms with Crippen LogP contribution in [-0.2, 0) is 10.0 Å². The lowest BCUT2D eigenvalue weighted by Crippen LogP contribution is -2.52. The average molecular weight is 351 g/mol. The standard InChI is InChI=1S/C17H25N3O3S/c1-14(2)15(3)13-18-17(21)19-9-11-20(12-10-19)24(22,23)16-7-5-4-6-8-16/h4-8,13-14H,9-12H2,1-3H3,(H,18,21)/b15-13+. The van der Waals surface area contributed by atoms with Gasteiger partial charge in [-0.1, -0.05) is 37.6 Å². The topological polar surface area (TPSA) is 69.7 Å². The van der Waals surface area contributed by atoms with Gasteiger partial charge in [-0.05, 0) is 25.0 Å². The lowest BCUT2D eigenvalue weighted by Gasteiger charge is -2.33. The van der Waals surface area contributed by atoms with Crippen molar-refractivity contribution in [1.29, 1.82) is 0 Å². The SMILES string of the molecule is C/C(=C\NC(=O)N1CCN(S(=O)(=O)c2ccccc2)CC1)C(C)C. The Kier molecular flexibility index (Phi) is 6.01. The summed E-state index contributed by atoms with van der Waals surface area (Å²) in [5.74, 6) is 0.373. The van der Waals surface area contributed by atoms with Crippen LogP contribution in [-0.4, -0.2) is 49.8 Å². The van der Waals surface area contributed by atoms with Crippen LogP contribution in [0.3, 0.4) is 0 Å². The van der Waals surface area contributed by atoms with Gasteiger partial charge >= 0.3 is 6.03 Å². The first-order valence-corrected chi connectivity index (χ1v) is 9.53. The van der Waals surface area contributed by atoms with Crippen LogP contribution in [0.5, 0.6) is 0 Å². The zero-order chi connectivity index (χ0) is 17.7. The summed E-state index contributed by atoms with van der Waals surface area (Å²) in [6, 6.07) is 8.20. The number of amides is 2. The third-order valence-electron chi connectivity index (χ3n) is 4.24. The van der Waals surface area contributed by atoms with Crippen molar-refractivity contribution in [3.63, 3.8) is 0 Å². The summed E-state index contributed by atoms with van der Waals surface area (Å²) in [7, 11) is -3.49. The Balaban J connectivity index is 1.94. The molecule has 24 heavy (non-hydrogen) atoms. The minimum atomic E-state index is -3.49. The predicted molar refractivity (Wildman–Crippen MR) is 93.9 cm³/mol. The highest BCUT2D eigenvalue weighted by molar-refractivity contribution is 7.89. The molecule has 6 nitrogen and oxygen atoms in total. The number of hydrogen-bond acceptors (Lipinski definition) is 3. The van der Waals surface area contributed by atoms with Gasteiger partial charge in [0.1, 0.15) is 0 Å². The van der Waals surface area contributed by atoms with Crippen molar-refractivity contribution in [2.45, 2.75) is 25.7 Å². The fourth-order valence-electron chi connectivity index (χ4n) is 2.31. The van der Waals surface area contributed by atoms with Gasteiger partial charge in [0.05, 0.1) is 4.90 Å². The molecule has 1 fully saturated rings. The number of carbonyl (C=O) groups excluding carboxylic acids is 1. The first-order valence-electron chi connectivity index (χ1n) is 8.09. The summed E-state index contributed by atoms with van der Waals surface area (Å²) in [5.41, 5.74) is 1.09. The highest BCUT2D eigenvalue weighted by Gasteiger charge is 2.29. The smallest absolute Gasteiger partial charge is 0.321 e. The Bertz CT molecular complexity index is 691. The number of hydrogen-bond donors (Lipinski definition) is 1. The third-order valence-corrected chi connectivity index (χ3v) is 6.15. The van der Waals surface area contributed by atoms with E-state index in [1.165, 1.54) is 4.31 Å². The zero-order valence-electron chi connectivity index (χ0n) is 14.4. The highest BCUT2D eigenvalue weighted by Crippen LogP contribution is 2.17. The Morgan fingerprint density at radius 1 is 1.12 bits per heavy atom. The molecule has 1 aliphatic rings. The van der Waals surface area contributed by atoms with Crippen molar-refractivity contribution in [2.75, 3.05) is 26.2 Å². The number of piperazine rings is 1. The first kappa shape index (κ1) is 18.5. The van der Waals surface area contributed by atoms with Gasteiger partial charge in [-0.3, -0.25) is 0 Å². The maximum absolute atomic E-state index is 12.6. The van der Waals surface area contributed by atoms with Gasteiger partial charge in [-0.15, -0.1) is 0 Å². The van der Waals surface area contributed by atoms with E-state index in [1.807, 2.05) is 6.92 Å². The maximum Gasteiger partial charge on any atom is 0.321 e. The summed E-state index contributed by atoms with van der Waals surface area (Å²) < 4.78 is 26.5. The minimum Gasteiger partial charge on any atom is -0.322 e. The lowest BCUT2D eigenvalue weighted by molar-refractivity contribution is 0.175. The van der Waals surface area contributed by atoms with Crippen LogP contribution in [0.4, 0.5) is 4.79 Å². The molecule has 0 radical (unpaired) electrons. The van der Waals surface area contributed by atoms with Gasteiger partial charge in [0.15, 0.2) is 0 Å². The van der Waals surface area contributed by atoms with Crippen molar-refractivity contribution >= 4 is 16.1 Å². The van der Waals surface area contributed by atoms with E-state index in [9.17, 15) is 13.2 Å². The largest absolute Gasteiger partial charge is 0.322 e. The van der Waals surface area contributed by atoms with Crippen LogP contribution in [0.25, 0.3) is 0 Å². The Labute approximate surface area is 144 Å². The number of benzene rings is 1. The molecule has 1 aromatic carbocycles. The zero-order valence-corrected chi connectivity index (χ0v) is 15.2. The van der Waals surface area contributed by atoms with Crippen LogP contribution in [0.15, 0.2) is 47.0 Å². The number of nitrogens with zero attached hydrogens (tertiary/aromatic N) is 2. The van der Waals surface area contributed by atoms with E-state index < -0.39 is 10.0 Å². The predicted octanol–water partition coefficient (Wildman–Crippen LogP) is 2.26. The van der Waals surface area contributed by atoms with Crippen LogP contribution in [0.1, 0.15) is 20.8 Å². The summed E-state index contributed by atoms with van der Waals surface area (Å²) in [4.78, 5) is 14.1. The van der Waals surface area contributed by atoms with Crippen LogP contribution in [0, 0.1) is 5.92 Å². The second-order valence-corrected chi connectivity index (χ2v) is 8.13. The number of sulfonamides is 1. The number of carbonyl (C=O) groups is 1. The lowest BCUT2D eigenvalue weighted by atomic mass is 10.1. The van der Waals surface area contributed by atoms with Crippen LogP contribution < -0.4 is 5.32 Å². The molecule has 132 valence electrons. The van der Waals surface area contributed by atoms with Crippen LogP contribution in [0.2, 0.25) is 0 Å². The molecule has 2 rings (SSSR count). The van der Waals surface area contributed by atoms with E-state index in [0.717, 1.165) is 5.57 Å². The molecule has 0 unspecified atom stereocenters. The maximum atomic E-state index is 12.6. The van der Waals surface area contributed by atoms with Gasteiger partial charge < -0.3 is 10.2 Å². The molecule has 1 aliphatic heterocycles. The molecule has 0 saturated carbocycles. The molecular weight excluding hydrogens is 326 g/mol.